The van der Waals surface area contributed by atoms with Crippen LogP contribution in [0.2, 0.25) is 5.02 Å². The average Bonchev–Trinajstić information content (AvgIpc) is 3.13. The van der Waals surface area contributed by atoms with Crippen molar-refractivity contribution in [2.75, 3.05) is 25.1 Å². The Kier molecular flexibility index (Phi) is 6.16. The van der Waals surface area contributed by atoms with Crippen LogP contribution in [-0.4, -0.2) is 66.4 Å². The Morgan fingerprint density at radius 1 is 1.36 bits per heavy atom. The largest absolute Gasteiger partial charge is 0.342 e. The summed E-state index contributed by atoms with van der Waals surface area (Å²) >= 11 is 6.89. The maximum Gasteiger partial charge on any atom is 0.293 e. The minimum Gasteiger partial charge on any atom is -0.342 e. The second-order valence-electron chi connectivity index (χ2n) is 6.67. The molecule has 0 radical (unpaired) electrons. The average molecular weight is 443 g/mol. The Balaban J connectivity index is 1.62. The van der Waals surface area contributed by atoms with E-state index >= 15 is 0 Å². The molecule has 150 valence electrons. The van der Waals surface area contributed by atoms with Gasteiger partial charge in [0.05, 0.1) is 16.4 Å². The van der Waals surface area contributed by atoms with Gasteiger partial charge in [0.2, 0.25) is 5.91 Å². The third-order valence-electron chi connectivity index (χ3n) is 4.76. The molecule has 7 nitrogen and oxygen atoms in total. The molecule has 0 spiro atoms. The van der Waals surface area contributed by atoms with Crippen LogP contribution in [0.4, 0.5) is 4.79 Å². The molecule has 0 aromatic heterocycles. The van der Waals surface area contributed by atoms with Crippen LogP contribution in [-0.2, 0) is 19.4 Å². The molecule has 2 heterocycles. The van der Waals surface area contributed by atoms with Crippen LogP contribution in [0.5, 0.6) is 0 Å². The lowest BCUT2D eigenvalue weighted by molar-refractivity contribution is -0.132. The van der Waals surface area contributed by atoms with Crippen molar-refractivity contribution in [2.45, 2.75) is 18.9 Å². The van der Waals surface area contributed by atoms with Gasteiger partial charge in [-0.1, -0.05) is 29.8 Å². The predicted molar refractivity (Wildman–Crippen MR) is 109 cm³/mol. The van der Waals surface area contributed by atoms with Gasteiger partial charge in [0.1, 0.15) is 0 Å². The first-order valence-electron chi connectivity index (χ1n) is 8.64. The molecular formula is C18H19ClN2O5S2. The van der Waals surface area contributed by atoms with E-state index < -0.39 is 21.0 Å². The molecule has 1 atom stereocenters. The van der Waals surface area contributed by atoms with Gasteiger partial charge >= 0.3 is 0 Å². The highest BCUT2D eigenvalue weighted by atomic mass is 35.5. The number of benzene rings is 1. The molecule has 0 saturated carbocycles. The molecule has 0 N–H and O–H groups in total. The smallest absolute Gasteiger partial charge is 0.293 e. The van der Waals surface area contributed by atoms with Crippen LogP contribution < -0.4 is 0 Å². The van der Waals surface area contributed by atoms with Gasteiger partial charge in [-0.05, 0) is 35.9 Å². The molecule has 10 heteroatoms. The summed E-state index contributed by atoms with van der Waals surface area (Å²) in [6, 6.07) is 6.62. The number of sulfone groups is 1. The lowest BCUT2D eigenvalue weighted by Gasteiger charge is -2.24. The van der Waals surface area contributed by atoms with Gasteiger partial charge in [-0.15, -0.1) is 0 Å². The number of halogens is 1. The summed E-state index contributed by atoms with van der Waals surface area (Å²) in [7, 11) is -1.54. The quantitative estimate of drug-likeness (QED) is 0.650. The second kappa shape index (κ2) is 8.26. The summed E-state index contributed by atoms with van der Waals surface area (Å²) in [5.74, 6) is -0.729. The van der Waals surface area contributed by atoms with E-state index in [-0.39, 0.29) is 41.3 Å². The minimum atomic E-state index is -3.10. The normalized spacial score (nSPS) is 22.9. The van der Waals surface area contributed by atoms with Crippen LogP contribution in [0, 0.1) is 0 Å². The number of imide groups is 1. The number of carbonyl (C=O) groups excluding carboxylic acids is 3. The third-order valence-corrected chi connectivity index (χ3v) is 7.77. The molecule has 1 aromatic rings. The lowest BCUT2D eigenvalue weighted by atomic mass is 10.2. The van der Waals surface area contributed by atoms with Gasteiger partial charge in [0.15, 0.2) is 9.84 Å². The fourth-order valence-electron chi connectivity index (χ4n) is 3.09. The van der Waals surface area contributed by atoms with Gasteiger partial charge in [0.25, 0.3) is 11.1 Å². The van der Waals surface area contributed by atoms with Gasteiger partial charge in [-0.3, -0.25) is 19.3 Å². The Morgan fingerprint density at radius 3 is 2.71 bits per heavy atom. The van der Waals surface area contributed by atoms with Crippen molar-refractivity contribution < 1.29 is 22.8 Å². The summed E-state index contributed by atoms with van der Waals surface area (Å²) < 4.78 is 23.2. The maximum absolute atomic E-state index is 12.5. The minimum absolute atomic E-state index is 0.0443. The van der Waals surface area contributed by atoms with E-state index in [0.29, 0.717) is 17.0 Å². The zero-order valence-corrected chi connectivity index (χ0v) is 17.5. The fraction of sp³-hybridized carbons (Fsp3) is 0.389. The van der Waals surface area contributed by atoms with Crippen molar-refractivity contribution in [2.24, 2.45) is 0 Å². The topological polar surface area (TPSA) is 91.8 Å². The molecule has 3 rings (SSSR count). The van der Waals surface area contributed by atoms with E-state index in [9.17, 15) is 22.8 Å². The summed E-state index contributed by atoms with van der Waals surface area (Å²) in [6.45, 7) is -0.0484. The van der Waals surface area contributed by atoms with Gasteiger partial charge in [-0.25, -0.2) is 8.42 Å². The van der Waals surface area contributed by atoms with Gasteiger partial charge in [0, 0.05) is 31.1 Å². The summed E-state index contributed by atoms with van der Waals surface area (Å²) in [6.07, 6.45) is 1.92. The van der Waals surface area contributed by atoms with E-state index in [1.54, 1.807) is 37.4 Å². The summed E-state index contributed by atoms with van der Waals surface area (Å²) in [5, 5.41) is 0.0276. The Bertz CT molecular complexity index is 960. The van der Waals surface area contributed by atoms with Gasteiger partial charge < -0.3 is 4.90 Å². The number of rotatable bonds is 5. The van der Waals surface area contributed by atoms with Crippen LogP contribution in [0.1, 0.15) is 18.4 Å². The van der Waals surface area contributed by atoms with E-state index in [4.69, 9.17) is 11.6 Å². The lowest BCUT2D eigenvalue weighted by Crippen LogP contribution is -2.40. The highest BCUT2D eigenvalue weighted by Gasteiger charge is 2.36. The Hall–Kier alpha value is -1.84. The number of nitrogens with zero attached hydrogens (tertiary/aromatic N) is 2. The van der Waals surface area contributed by atoms with Gasteiger partial charge in [-0.2, -0.15) is 0 Å². The molecule has 0 bridgehead atoms. The first-order chi connectivity index (χ1) is 13.2. The molecule has 1 unspecified atom stereocenters. The SMILES string of the molecule is CN(C(=O)CCN1C(=O)SC(=Cc2ccccc2Cl)C1=O)C1CCS(=O)(=O)C1. The number of hydrogen-bond donors (Lipinski definition) is 0. The van der Waals surface area contributed by atoms with E-state index in [1.807, 2.05) is 0 Å². The number of carbonyl (C=O) groups is 3. The van der Waals surface area contributed by atoms with Crippen molar-refractivity contribution >= 4 is 56.3 Å². The monoisotopic (exact) mass is 442 g/mol. The van der Waals surface area contributed by atoms with E-state index in [1.165, 1.54) is 4.90 Å². The molecule has 28 heavy (non-hydrogen) atoms. The first kappa shape index (κ1) is 20.9. The molecule has 3 amide bonds. The molecule has 2 fully saturated rings. The zero-order valence-electron chi connectivity index (χ0n) is 15.1. The van der Waals surface area contributed by atoms with E-state index in [0.717, 1.165) is 16.7 Å². The van der Waals surface area contributed by atoms with Crippen LogP contribution in [0.3, 0.4) is 0 Å². The zero-order chi connectivity index (χ0) is 20.5. The molecule has 2 saturated heterocycles. The number of hydrogen-bond acceptors (Lipinski definition) is 6. The standard InChI is InChI=1S/C18H19ClN2O5S2/c1-20(13-7-9-28(25,26)11-13)16(22)6-8-21-17(23)15(27-18(21)24)10-12-4-2-3-5-14(12)19/h2-5,10,13H,6-9,11H2,1H3. The first-order valence-corrected chi connectivity index (χ1v) is 11.7. The van der Waals surface area contributed by atoms with Crippen molar-refractivity contribution in [3.63, 3.8) is 0 Å². The summed E-state index contributed by atoms with van der Waals surface area (Å²) in [5.41, 5.74) is 0.632. The molecule has 2 aliphatic rings. The summed E-state index contributed by atoms with van der Waals surface area (Å²) in [4.78, 5) is 39.8. The van der Waals surface area contributed by atoms with Crippen molar-refractivity contribution in [3.8, 4) is 0 Å². The van der Waals surface area contributed by atoms with E-state index in [2.05, 4.69) is 0 Å². The fourth-order valence-corrected chi connectivity index (χ4v) is 5.92. The predicted octanol–water partition coefficient (Wildman–Crippen LogP) is 2.41. The van der Waals surface area contributed by atoms with Crippen molar-refractivity contribution in [1.29, 1.82) is 0 Å². The van der Waals surface area contributed by atoms with Crippen LogP contribution >= 0.6 is 23.4 Å². The molecular weight excluding hydrogens is 424 g/mol. The Labute approximate surface area is 172 Å². The third kappa shape index (κ3) is 4.59. The second-order valence-corrected chi connectivity index (χ2v) is 10.3. The van der Waals surface area contributed by atoms with Crippen molar-refractivity contribution in [1.82, 2.24) is 9.80 Å². The number of amides is 3. The van der Waals surface area contributed by atoms with Crippen LogP contribution in [0.25, 0.3) is 6.08 Å². The maximum atomic E-state index is 12.5. The number of thioether (sulfide) groups is 1. The van der Waals surface area contributed by atoms with Crippen LogP contribution in [0.15, 0.2) is 29.2 Å². The molecule has 2 aliphatic heterocycles. The van der Waals surface area contributed by atoms with Crippen molar-refractivity contribution in [3.05, 3.63) is 39.8 Å². The molecule has 1 aromatic carbocycles. The Morgan fingerprint density at radius 2 is 2.07 bits per heavy atom. The highest BCUT2D eigenvalue weighted by molar-refractivity contribution is 8.18. The molecule has 0 aliphatic carbocycles. The highest BCUT2D eigenvalue weighted by Crippen LogP contribution is 2.33.